The molecule has 1 heterocycles. The Morgan fingerprint density at radius 3 is 2.61 bits per heavy atom. The number of aryl methyl sites for hydroxylation is 1. The van der Waals surface area contributed by atoms with Gasteiger partial charge in [0.1, 0.15) is 5.52 Å². The molecular weight excluding hydrogens is 438 g/mol. The highest BCUT2D eigenvalue weighted by Crippen LogP contribution is 2.40. The van der Waals surface area contributed by atoms with Crippen LogP contribution in [-0.2, 0) is 16.6 Å². The van der Waals surface area contributed by atoms with Gasteiger partial charge in [-0.05, 0) is 61.2 Å². The third-order valence-electron chi connectivity index (χ3n) is 5.64. The number of benzene rings is 3. The van der Waals surface area contributed by atoms with E-state index in [2.05, 4.69) is 15.0 Å². The summed E-state index contributed by atoms with van der Waals surface area (Å²) in [5, 5.41) is 2.82. The van der Waals surface area contributed by atoms with Crippen molar-refractivity contribution in [3.63, 3.8) is 0 Å². The predicted molar refractivity (Wildman–Crippen MR) is 126 cm³/mol. The van der Waals surface area contributed by atoms with Gasteiger partial charge in [0.15, 0.2) is 11.5 Å². The van der Waals surface area contributed by atoms with E-state index in [0.29, 0.717) is 28.3 Å². The molecule has 168 valence electrons. The lowest BCUT2D eigenvalue weighted by Gasteiger charge is -2.12. The minimum Gasteiger partial charge on any atom is -0.440 e. The smallest absolute Gasteiger partial charge is 0.255 e. The first-order chi connectivity index (χ1) is 15.9. The summed E-state index contributed by atoms with van der Waals surface area (Å²) in [5.74, 6) is 0.739. The van der Waals surface area contributed by atoms with Gasteiger partial charge in [-0.25, -0.2) is 18.1 Å². The number of anilines is 1. The summed E-state index contributed by atoms with van der Waals surface area (Å²) >= 11 is 0. The van der Waals surface area contributed by atoms with Crippen LogP contribution in [0.25, 0.3) is 11.1 Å². The lowest BCUT2D eigenvalue weighted by Crippen LogP contribution is -2.24. The average Bonchev–Trinajstić information content (AvgIpc) is 3.58. The Kier molecular flexibility index (Phi) is 5.47. The molecule has 0 spiro atoms. The third kappa shape index (κ3) is 4.67. The van der Waals surface area contributed by atoms with Crippen molar-refractivity contribution in [3.8, 4) is 0 Å². The lowest BCUT2D eigenvalue weighted by atomic mass is 10.1. The van der Waals surface area contributed by atoms with Crippen LogP contribution in [-0.4, -0.2) is 19.3 Å². The maximum atomic E-state index is 12.9. The molecule has 4 aromatic rings. The van der Waals surface area contributed by atoms with Crippen molar-refractivity contribution in [3.05, 3.63) is 89.3 Å². The Hall–Kier alpha value is -3.49. The van der Waals surface area contributed by atoms with Crippen LogP contribution in [0.3, 0.4) is 0 Å². The molecule has 0 radical (unpaired) electrons. The number of fused-ring (bicyclic) bond motifs is 1. The van der Waals surface area contributed by atoms with Gasteiger partial charge in [0.05, 0.1) is 4.90 Å². The van der Waals surface area contributed by atoms with Crippen LogP contribution in [0, 0.1) is 6.92 Å². The Morgan fingerprint density at radius 1 is 1.06 bits per heavy atom. The zero-order chi connectivity index (χ0) is 23.0. The Morgan fingerprint density at radius 2 is 1.85 bits per heavy atom. The molecule has 1 aliphatic carbocycles. The molecule has 0 atom stereocenters. The van der Waals surface area contributed by atoms with Crippen molar-refractivity contribution in [2.75, 3.05) is 5.32 Å². The molecule has 0 unspecified atom stereocenters. The van der Waals surface area contributed by atoms with Gasteiger partial charge in [-0.2, -0.15) is 0 Å². The summed E-state index contributed by atoms with van der Waals surface area (Å²) in [6.45, 7) is 1.87. The molecule has 1 amide bonds. The second-order valence-electron chi connectivity index (χ2n) is 8.25. The number of oxazole rings is 1. The Balaban J connectivity index is 1.34. The van der Waals surface area contributed by atoms with Crippen LogP contribution >= 0.6 is 0 Å². The largest absolute Gasteiger partial charge is 0.440 e. The molecule has 0 bridgehead atoms. The summed E-state index contributed by atoms with van der Waals surface area (Å²) in [4.78, 5) is 17.5. The number of nitrogens with zero attached hydrogens (tertiary/aromatic N) is 1. The van der Waals surface area contributed by atoms with E-state index < -0.39 is 15.9 Å². The molecule has 5 rings (SSSR count). The van der Waals surface area contributed by atoms with Gasteiger partial charge in [-0.15, -0.1) is 0 Å². The minimum atomic E-state index is -3.80. The first-order valence-corrected chi connectivity index (χ1v) is 12.2. The predicted octanol–water partition coefficient (Wildman–Crippen LogP) is 4.74. The van der Waals surface area contributed by atoms with Crippen molar-refractivity contribution < 1.29 is 17.6 Å². The molecule has 1 aliphatic rings. The monoisotopic (exact) mass is 461 g/mol. The van der Waals surface area contributed by atoms with Crippen molar-refractivity contribution in [1.29, 1.82) is 0 Å². The fourth-order valence-corrected chi connectivity index (χ4v) is 4.90. The van der Waals surface area contributed by atoms with E-state index in [1.807, 2.05) is 30.3 Å². The van der Waals surface area contributed by atoms with E-state index in [1.54, 1.807) is 37.3 Å². The molecule has 1 saturated carbocycles. The quantitative estimate of drug-likeness (QED) is 0.414. The summed E-state index contributed by atoms with van der Waals surface area (Å²) in [7, 11) is -3.80. The van der Waals surface area contributed by atoms with E-state index in [-0.39, 0.29) is 17.0 Å². The number of hydrogen-bond acceptors (Lipinski definition) is 5. The lowest BCUT2D eigenvalue weighted by molar-refractivity contribution is 0.102. The Labute approximate surface area is 191 Å². The first kappa shape index (κ1) is 21.4. The summed E-state index contributed by atoms with van der Waals surface area (Å²) in [5.41, 5.74) is 3.59. The first-order valence-electron chi connectivity index (χ1n) is 10.8. The highest BCUT2D eigenvalue weighted by molar-refractivity contribution is 7.89. The number of hydrogen-bond donors (Lipinski definition) is 2. The highest BCUT2D eigenvalue weighted by atomic mass is 32.2. The van der Waals surface area contributed by atoms with Gasteiger partial charge in [-0.3, -0.25) is 4.79 Å². The fourth-order valence-electron chi connectivity index (χ4n) is 3.61. The van der Waals surface area contributed by atoms with Crippen molar-refractivity contribution >= 4 is 32.7 Å². The van der Waals surface area contributed by atoms with Gasteiger partial charge >= 0.3 is 0 Å². The third-order valence-corrected chi connectivity index (χ3v) is 7.18. The molecular formula is C25H23N3O4S. The second kappa shape index (κ2) is 8.46. The van der Waals surface area contributed by atoms with E-state index in [0.717, 1.165) is 24.3 Å². The number of nitrogens with one attached hydrogen (secondary N) is 2. The van der Waals surface area contributed by atoms with E-state index in [9.17, 15) is 13.2 Å². The topological polar surface area (TPSA) is 101 Å². The standard InChI is InChI=1S/C25H23N3O4S/c1-16-7-8-19(13-23(16)33(30,31)26-15-17-5-3-2-4-6-17)24(29)27-20-11-12-22-21(14-20)28-25(32-22)18-9-10-18/h2-8,11-14,18,26H,9-10,15H2,1H3,(H,27,29). The van der Waals surface area contributed by atoms with E-state index >= 15 is 0 Å². The Bertz CT molecular complexity index is 1440. The molecule has 7 nitrogen and oxygen atoms in total. The second-order valence-corrected chi connectivity index (χ2v) is 9.99. The number of carbonyl (C=O) groups is 1. The van der Waals surface area contributed by atoms with Gasteiger partial charge < -0.3 is 9.73 Å². The maximum absolute atomic E-state index is 12.9. The van der Waals surface area contributed by atoms with Crippen LogP contribution in [0.1, 0.15) is 46.1 Å². The highest BCUT2D eigenvalue weighted by Gasteiger charge is 2.29. The molecule has 3 aromatic carbocycles. The van der Waals surface area contributed by atoms with Gasteiger partial charge in [0.25, 0.3) is 5.91 Å². The molecule has 0 aliphatic heterocycles. The number of amides is 1. The van der Waals surface area contributed by atoms with Gasteiger partial charge in [0, 0.05) is 23.7 Å². The molecule has 33 heavy (non-hydrogen) atoms. The maximum Gasteiger partial charge on any atom is 0.255 e. The van der Waals surface area contributed by atoms with Gasteiger partial charge in [-0.1, -0.05) is 36.4 Å². The van der Waals surface area contributed by atoms with Crippen LogP contribution in [0.5, 0.6) is 0 Å². The summed E-state index contributed by atoms with van der Waals surface area (Å²) < 4.78 is 34.2. The fraction of sp³-hybridized carbons (Fsp3) is 0.200. The number of rotatable bonds is 7. The summed E-state index contributed by atoms with van der Waals surface area (Å²) in [6, 6.07) is 19.2. The number of aromatic nitrogens is 1. The van der Waals surface area contributed by atoms with E-state index in [1.165, 1.54) is 6.07 Å². The SMILES string of the molecule is Cc1ccc(C(=O)Nc2ccc3oc(C4CC4)nc3c2)cc1S(=O)(=O)NCc1ccccc1. The summed E-state index contributed by atoms with van der Waals surface area (Å²) in [6.07, 6.45) is 2.19. The van der Waals surface area contributed by atoms with Crippen molar-refractivity contribution in [1.82, 2.24) is 9.71 Å². The van der Waals surface area contributed by atoms with Crippen molar-refractivity contribution in [2.45, 2.75) is 37.1 Å². The van der Waals surface area contributed by atoms with Crippen molar-refractivity contribution in [2.24, 2.45) is 0 Å². The van der Waals surface area contributed by atoms with E-state index in [4.69, 9.17) is 4.42 Å². The average molecular weight is 462 g/mol. The normalized spacial score (nSPS) is 13.8. The van der Waals surface area contributed by atoms with Crippen LogP contribution in [0.4, 0.5) is 5.69 Å². The molecule has 1 aromatic heterocycles. The minimum absolute atomic E-state index is 0.0760. The zero-order valence-corrected chi connectivity index (χ0v) is 18.9. The van der Waals surface area contributed by atoms with Gasteiger partial charge in [0.2, 0.25) is 10.0 Å². The van der Waals surface area contributed by atoms with Crippen LogP contribution < -0.4 is 10.0 Å². The number of carbonyl (C=O) groups excluding carboxylic acids is 1. The molecule has 2 N–H and O–H groups in total. The molecule has 0 saturated heterocycles. The molecule has 8 heteroatoms. The number of sulfonamides is 1. The van der Waals surface area contributed by atoms with Crippen LogP contribution in [0.2, 0.25) is 0 Å². The van der Waals surface area contributed by atoms with Crippen LogP contribution in [0.15, 0.2) is 76.0 Å². The zero-order valence-electron chi connectivity index (χ0n) is 18.0. The molecule has 1 fully saturated rings.